The van der Waals surface area contributed by atoms with Gasteiger partial charge in [-0.3, -0.25) is 0 Å². The molecule has 0 aliphatic rings. The van der Waals surface area contributed by atoms with Gasteiger partial charge >= 0.3 is 8.25 Å². The van der Waals surface area contributed by atoms with Crippen molar-refractivity contribution in [1.29, 1.82) is 0 Å². The summed E-state index contributed by atoms with van der Waals surface area (Å²) in [7, 11) is -2.75. The van der Waals surface area contributed by atoms with E-state index in [1.54, 1.807) is 24.3 Å². The van der Waals surface area contributed by atoms with Crippen LogP contribution in [0.3, 0.4) is 0 Å². The fourth-order valence-corrected chi connectivity index (χ4v) is 1.14. The quantitative estimate of drug-likeness (QED) is 0.824. The maximum Gasteiger partial charge on any atom is 0.488 e. The molecule has 0 radical (unpaired) electrons. The van der Waals surface area contributed by atoms with Crippen LogP contribution in [0.25, 0.3) is 0 Å². The smallest absolute Gasteiger partial charge is 0.488 e. The molecule has 1 aromatic carbocycles. The van der Waals surface area contributed by atoms with Crippen LogP contribution in [0.1, 0.15) is 32.3 Å². The molecule has 0 amide bonds. The molecule has 0 aliphatic heterocycles. The largest absolute Gasteiger partial charge is 0.566 e. The van der Waals surface area contributed by atoms with E-state index < -0.39 is 8.25 Å². The molecule has 4 nitrogen and oxygen atoms in total. The Hall–Kier alpha value is -0.960. The number of rotatable bonds is 5. The first-order valence-electron chi connectivity index (χ1n) is 5.65. The van der Waals surface area contributed by atoms with E-state index in [1.807, 2.05) is 0 Å². The number of phenolic OH excluding ortho intramolecular Hbond substituents is 1. The van der Waals surface area contributed by atoms with E-state index in [0.717, 1.165) is 5.56 Å². The van der Waals surface area contributed by atoms with Gasteiger partial charge in [-0.05, 0) is 22.3 Å². The van der Waals surface area contributed by atoms with Gasteiger partial charge in [-0.1, -0.05) is 38.8 Å². The fraction of sp³-hybridized carbons (Fsp3) is 0.500. The Labute approximate surface area is 103 Å². The van der Waals surface area contributed by atoms with Crippen molar-refractivity contribution in [1.82, 2.24) is 0 Å². The lowest BCUT2D eigenvalue weighted by atomic mass is 10.2. The van der Waals surface area contributed by atoms with E-state index in [2.05, 4.69) is 18.4 Å². The minimum atomic E-state index is -2.75. The van der Waals surface area contributed by atoms with Crippen LogP contribution in [0.5, 0.6) is 5.75 Å². The molecular weight excluding hydrogens is 239 g/mol. The Balaban J connectivity index is 0.000000557. The minimum absolute atomic E-state index is 0.142. The minimum Gasteiger partial charge on any atom is -0.566 e. The summed E-state index contributed by atoms with van der Waals surface area (Å²) in [5.41, 5.74) is 0.926. The number of phenols is 1. The molecule has 0 spiro atoms. The van der Waals surface area contributed by atoms with Crippen LogP contribution in [0.2, 0.25) is 0 Å². The highest BCUT2D eigenvalue weighted by Gasteiger charge is 2.01. The molecule has 96 valence electrons. The molecule has 1 atom stereocenters. The topological polar surface area (TPSA) is 69.6 Å². The van der Waals surface area contributed by atoms with Gasteiger partial charge in [-0.15, -0.1) is 4.52 Å². The van der Waals surface area contributed by atoms with Crippen molar-refractivity contribution < 1.29 is 19.1 Å². The van der Waals surface area contributed by atoms with Gasteiger partial charge in [0.25, 0.3) is 0 Å². The summed E-state index contributed by atoms with van der Waals surface area (Å²) in [5.74, 6) is 0.194. The predicted molar refractivity (Wildman–Crippen MR) is 66.0 cm³/mol. The Morgan fingerprint density at radius 1 is 1.24 bits per heavy atom. The monoisotopic (exact) mass is 258 g/mol. The van der Waals surface area contributed by atoms with Crippen LogP contribution in [0.4, 0.5) is 0 Å². The summed E-state index contributed by atoms with van der Waals surface area (Å²) in [4.78, 5) is 10.0. The van der Waals surface area contributed by atoms with Crippen molar-refractivity contribution in [3.8, 4) is 5.75 Å². The SMILES string of the molecule is CCCC.O=[P+]([O-])OCCc1ccc(O)cc1. The van der Waals surface area contributed by atoms with E-state index in [-0.39, 0.29) is 12.4 Å². The first-order chi connectivity index (χ1) is 8.10. The molecule has 17 heavy (non-hydrogen) atoms. The van der Waals surface area contributed by atoms with Gasteiger partial charge < -0.3 is 10.00 Å². The lowest BCUT2D eigenvalue weighted by molar-refractivity contribution is -0.185. The van der Waals surface area contributed by atoms with Crippen LogP contribution in [0, 0.1) is 0 Å². The van der Waals surface area contributed by atoms with Crippen molar-refractivity contribution in [3.63, 3.8) is 0 Å². The third kappa shape index (κ3) is 9.94. The van der Waals surface area contributed by atoms with E-state index in [4.69, 9.17) is 5.11 Å². The summed E-state index contributed by atoms with van der Waals surface area (Å²) in [6.07, 6.45) is 3.16. The average Bonchev–Trinajstić information content (AvgIpc) is 2.32. The van der Waals surface area contributed by atoms with Crippen LogP contribution < -0.4 is 4.89 Å². The third-order valence-corrected chi connectivity index (χ3v) is 2.42. The second-order valence-electron chi connectivity index (χ2n) is 3.47. The summed E-state index contributed by atoms with van der Waals surface area (Å²) in [6.45, 7) is 4.50. The van der Waals surface area contributed by atoms with E-state index in [9.17, 15) is 9.46 Å². The van der Waals surface area contributed by atoms with Crippen LogP contribution in [0.15, 0.2) is 24.3 Å². The number of aromatic hydroxyl groups is 1. The summed E-state index contributed by atoms with van der Waals surface area (Å²) in [5, 5.41) is 8.94. The van der Waals surface area contributed by atoms with Gasteiger partial charge in [-0.2, -0.15) is 0 Å². The molecule has 1 N–H and O–H groups in total. The fourth-order valence-electron chi connectivity index (χ4n) is 0.901. The third-order valence-electron chi connectivity index (χ3n) is 2.02. The van der Waals surface area contributed by atoms with Gasteiger partial charge in [-0.25, -0.2) is 0 Å². The van der Waals surface area contributed by atoms with Crippen molar-refractivity contribution in [2.24, 2.45) is 0 Å². The van der Waals surface area contributed by atoms with Gasteiger partial charge in [0, 0.05) is 6.42 Å². The standard InChI is InChI=1S/C8H9O4P.C4H10/c9-8-3-1-7(2-4-8)5-6-12-13(10)11;1-3-4-2/h1-4,9H,5-6H2;3-4H2,1-2H3. The molecule has 0 bridgehead atoms. The Kier molecular flexibility index (Phi) is 9.63. The summed E-state index contributed by atoms with van der Waals surface area (Å²) in [6, 6.07) is 6.53. The number of benzene rings is 1. The average molecular weight is 258 g/mol. The molecule has 1 aromatic rings. The molecule has 0 saturated carbocycles. The second-order valence-corrected chi connectivity index (χ2v) is 4.18. The van der Waals surface area contributed by atoms with Crippen molar-refractivity contribution in [3.05, 3.63) is 29.8 Å². The van der Waals surface area contributed by atoms with Crippen molar-refractivity contribution in [2.75, 3.05) is 6.61 Å². The van der Waals surface area contributed by atoms with Crippen molar-refractivity contribution >= 4 is 8.25 Å². The number of hydrogen-bond acceptors (Lipinski definition) is 4. The summed E-state index contributed by atoms with van der Waals surface area (Å²) >= 11 is 0. The van der Waals surface area contributed by atoms with E-state index in [0.29, 0.717) is 6.42 Å². The van der Waals surface area contributed by atoms with Gasteiger partial charge in [0.2, 0.25) is 0 Å². The zero-order chi connectivity index (χ0) is 13.1. The lowest BCUT2D eigenvalue weighted by Crippen LogP contribution is -1.97. The maximum atomic E-state index is 10.0. The van der Waals surface area contributed by atoms with Gasteiger partial charge in [0.05, 0.1) is 0 Å². The molecule has 0 heterocycles. The number of unbranched alkanes of at least 4 members (excludes halogenated alkanes) is 1. The Bertz CT molecular complexity index is 309. The molecule has 0 fully saturated rings. The van der Waals surface area contributed by atoms with Crippen LogP contribution in [-0.2, 0) is 15.5 Å². The number of hydrogen-bond donors (Lipinski definition) is 1. The van der Waals surface area contributed by atoms with Crippen LogP contribution >= 0.6 is 8.25 Å². The zero-order valence-corrected chi connectivity index (χ0v) is 11.2. The van der Waals surface area contributed by atoms with Crippen molar-refractivity contribution in [2.45, 2.75) is 33.1 Å². The maximum absolute atomic E-state index is 10.0. The zero-order valence-electron chi connectivity index (χ0n) is 10.3. The molecule has 1 rings (SSSR count). The van der Waals surface area contributed by atoms with Crippen LogP contribution in [-0.4, -0.2) is 11.7 Å². The van der Waals surface area contributed by atoms with Gasteiger partial charge in [0.15, 0.2) is 0 Å². The Morgan fingerprint density at radius 2 is 1.76 bits per heavy atom. The highest BCUT2D eigenvalue weighted by atomic mass is 31.1. The molecular formula is C12H19O4P. The molecule has 0 saturated heterocycles. The van der Waals surface area contributed by atoms with E-state index in [1.165, 1.54) is 12.8 Å². The first kappa shape index (κ1) is 16.0. The van der Waals surface area contributed by atoms with E-state index >= 15 is 0 Å². The second kappa shape index (κ2) is 10.2. The predicted octanol–water partition coefficient (Wildman–Crippen LogP) is 2.78. The molecule has 1 unspecified atom stereocenters. The molecule has 0 aliphatic carbocycles. The molecule has 5 heteroatoms. The lowest BCUT2D eigenvalue weighted by Gasteiger charge is -1.97. The Morgan fingerprint density at radius 3 is 2.18 bits per heavy atom. The molecule has 0 aromatic heterocycles. The van der Waals surface area contributed by atoms with Gasteiger partial charge in [0.1, 0.15) is 12.4 Å². The first-order valence-corrected chi connectivity index (χ1v) is 6.74. The summed E-state index contributed by atoms with van der Waals surface area (Å²) < 4.78 is 14.4. The normalized spacial score (nSPS) is 10.4. The highest BCUT2D eigenvalue weighted by molar-refractivity contribution is 7.30. The highest BCUT2D eigenvalue weighted by Crippen LogP contribution is 2.12.